The summed E-state index contributed by atoms with van der Waals surface area (Å²) < 4.78 is 10.4. The molecular weight excluding hydrogens is 210 g/mol. The van der Waals surface area contributed by atoms with Gasteiger partial charge in [0.2, 0.25) is 0 Å². The van der Waals surface area contributed by atoms with Crippen molar-refractivity contribution >= 4 is 5.97 Å². The minimum Gasteiger partial charge on any atom is -0.476 e. The first-order valence-electron chi connectivity index (χ1n) is 5.50. The van der Waals surface area contributed by atoms with Crippen molar-refractivity contribution in [1.29, 1.82) is 0 Å². The van der Waals surface area contributed by atoms with E-state index >= 15 is 0 Å². The van der Waals surface area contributed by atoms with Crippen LogP contribution in [0.25, 0.3) is 0 Å². The molecule has 2 rings (SSSR count). The van der Waals surface area contributed by atoms with Gasteiger partial charge in [0.1, 0.15) is 12.4 Å². The summed E-state index contributed by atoms with van der Waals surface area (Å²) in [6, 6.07) is 0. The van der Waals surface area contributed by atoms with Crippen molar-refractivity contribution in [2.24, 2.45) is 5.92 Å². The molecule has 1 aliphatic carbocycles. The normalized spacial score (nSPS) is 25.3. The van der Waals surface area contributed by atoms with Crippen molar-refractivity contribution in [3.63, 3.8) is 0 Å². The first kappa shape index (κ1) is 11.0. The van der Waals surface area contributed by atoms with E-state index in [-0.39, 0.29) is 17.9 Å². The predicted molar refractivity (Wildman–Crippen MR) is 55.5 cm³/mol. The Morgan fingerprint density at radius 1 is 1.50 bits per heavy atom. The third kappa shape index (κ3) is 2.53. The molecule has 1 saturated carbocycles. The summed E-state index contributed by atoms with van der Waals surface area (Å²) >= 11 is 0. The topological polar surface area (TPSA) is 72.6 Å². The summed E-state index contributed by atoms with van der Waals surface area (Å²) in [6.07, 6.45) is 5.50. The molecule has 0 atom stereocenters. The highest BCUT2D eigenvalue weighted by molar-refractivity contribution is 5.84. The Labute approximate surface area is 93.4 Å². The number of nitrogens with zero attached hydrogens (tertiary/aromatic N) is 1. The van der Waals surface area contributed by atoms with Gasteiger partial charge in [0.25, 0.3) is 0 Å². The maximum Gasteiger partial charge on any atom is 0.394 e. The molecular formula is C11H15NO4. The molecule has 88 valence electrons. The number of hydrogen-bond acceptors (Lipinski definition) is 4. The second-order valence-electron chi connectivity index (χ2n) is 4.30. The third-order valence-electron chi connectivity index (χ3n) is 2.93. The monoisotopic (exact) mass is 225 g/mol. The molecule has 1 heterocycles. The molecule has 0 aliphatic heterocycles. The van der Waals surface area contributed by atoms with Gasteiger partial charge in [0.05, 0.1) is 0 Å². The van der Waals surface area contributed by atoms with Crippen LogP contribution in [0.5, 0.6) is 6.08 Å². The Morgan fingerprint density at radius 2 is 2.19 bits per heavy atom. The molecule has 1 aromatic heterocycles. The molecule has 1 aliphatic rings. The average molecular weight is 225 g/mol. The van der Waals surface area contributed by atoms with E-state index in [0.29, 0.717) is 0 Å². The molecule has 0 amide bonds. The Bertz CT molecular complexity index is 366. The van der Waals surface area contributed by atoms with E-state index in [1.165, 1.54) is 0 Å². The van der Waals surface area contributed by atoms with Crippen molar-refractivity contribution in [3.8, 4) is 6.08 Å². The summed E-state index contributed by atoms with van der Waals surface area (Å²) in [4.78, 5) is 14.3. The maximum absolute atomic E-state index is 10.6. The van der Waals surface area contributed by atoms with Crippen LogP contribution in [0, 0.1) is 5.92 Å². The van der Waals surface area contributed by atoms with Gasteiger partial charge in [-0.05, 0) is 31.6 Å². The van der Waals surface area contributed by atoms with Gasteiger partial charge in [-0.15, -0.1) is 0 Å². The van der Waals surface area contributed by atoms with Crippen molar-refractivity contribution < 1.29 is 19.1 Å². The van der Waals surface area contributed by atoms with Crippen LogP contribution >= 0.6 is 0 Å². The van der Waals surface area contributed by atoms with Gasteiger partial charge in [0, 0.05) is 0 Å². The first-order valence-corrected chi connectivity index (χ1v) is 5.50. The lowest BCUT2D eigenvalue weighted by molar-refractivity contribution is 0.0688. The fourth-order valence-electron chi connectivity index (χ4n) is 1.90. The second-order valence-corrected chi connectivity index (χ2v) is 4.30. The van der Waals surface area contributed by atoms with E-state index in [1.54, 1.807) is 0 Å². The summed E-state index contributed by atoms with van der Waals surface area (Å²) in [5.74, 6) is -0.352. The van der Waals surface area contributed by atoms with Crippen LogP contribution in [0.3, 0.4) is 0 Å². The summed E-state index contributed by atoms with van der Waals surface area (Å²) in [7, 11) is 0. The summed E-state index contributed by atoms with van der Waals surface area (Å²) in [6.45, 7) is 2.23. The molecule has 0 radical (unpaired) electrons. The molecule has 1 N–H and O–H groups in total. The molecule has 0 bridgehead atoms. The van der Waals surface area contributed by atoms with Gasteiger partial charge >= 0.3 is 12.0 Å². The number of carboxylic acid groups (broad SMARTS) is 1. The van der Waals surface area contributed by atoms with E-state index in [1.807, 2.05) is 0 Å². The number of carbonyl (C=O) groups is 1. The Kier molecular flexibility index (Phi) is 3.12. The average Bonchev–Trinajstić information content (AvgIpc) is 2.70. The molecule has 0 unspecified atom stereocenters. The predicted octanol–water partition coefficient (Wildman–Crippen LogP) is 2.33. The van der Waals surface area contributed by atoms with Crippen LogP contribution in [-0.4, -0.2) is 22.2 Å². The fraction of sp³-hybridized carbons (Fsp3) is 0.636. The van der Waals surface area contributed by atoms with Gasteiger partial charge in [-0.3, -0.25) is 0 Å². The van der Waals surface area contributed by atoms with E-state index in [0.717, 1.165) is 37.9 Å². The maximum atomic E-state index is 10.6. The fourth-order valence-corrected chi connectivity index (χ4v) is 1.90. The molecule has 5 heteroatoms. The van der Waals surface area contributed by atoms with E-state index in [4.69, 9.17) is 14.3 Å². The van der Waals surface area contributed by atoms with Gasteiger partial charge in [-0.2, -0.15) is 4.98 Å². The number of ether oxygens (including phenoxy) is 1. The highest BCUT2D eigenvalue weighted by Gasteiger charge is 2.21. The van der Waals surface area contributed by atoms with E-state index < -0.39 is 5.97 Å². The summed E-state index contributed by atoms with van der Waals surface area (Å²) in [5.41, 5.74) is -0.112. The number of aromatic nitrogens is 1. The molecule has 0 aromatic carbocycles. The smallest absolute Gasteiger partial charge is 0.394 e. The highest BCUT2D eigenvalue weighted by atomic mass is 16.6. The first-order chi connectivity index (χ1) is 7.65. The van der Waals surface area contributed by atoms with Crippen molar-refractivity contribution in [2.75, 3.05) is 0 Å². The van der Waals surface area contributed by atoms with Gasteiger partial charge in [-0.1, -0.05) is 6.92 Å². The molecule has 1 fully saturated rings. The largest absolute Gasteiger partial charge is 0.476 e. The van der Waals surface area contributed by atoms with Crippen molar-refractivity contribution in [1.82, 2.24) is 4.98 Å². The highest BCUT2D eigenvalue weighted by Crippen LogP contribution is 2.26. The zero-order chi connectivity index (χ0) is 11.5. The van der Waals surface area contributed by atoms with Gasteiger partial charge in [0.15, 0.2) is 5.69 Å². The van der Waals surface area contributed by atoms with Crippen LogP contribution < -0.4 is 4.74 Å². The zero-order valence-corrected chi connectivity index (χ0v) is 9.18. The molecule has 1 aromatic rings. The quantitative estimate of drug-likeness (QED) is 0.854. The van der Waals surface area contributed by atoms with Gasteiger partial charge < -0.3 is 14.3 Å². The Hall–Kier alpha value is -1.52. The van der Waals surface area contributed by atoms with Crippen LogP contribution in [0.4, 0.5) is 0 Å². The SMILES string of the molecule is CC1CCC(Oc2nc(C(=O)O)co2)CC1. The van der Waals surface area contributed by atoms with Crippen LogP contribution in [0.2, 0.25) is 0 Å². The van der Waals surface area contributed by atoms with Crippen LogP contribution in [0.1, 0.15) is 43.1 Å². The summed E-state index contributed by atoms with van der Waals surface area (Å²) in [5, 5.41) is 8.66. The molecule has 16 heavy (non-hydrogen) atoms. The van der Waals surface area contributed by atoms with Crippen molar-refractivity contribution in [3.05, 3.63) is 12.0 Å². The molecule has 0 saturated heterocycles. The van der Waals surface area contributed by atoms with Crippen LogP contribution in [-0.2, 0) is 0 Å². The standard InChI is InChI=1S/C11H15NO4/c1-7-2-4-8(5-3-7)16-11-12-9(6-15-11)10(13)14/h6-8H,2-5H2,1H3,(H,13,14). The number of hydrogen-bond donors (Lipinski definition) is 1. The molecule has 0 spiro atoms. The number of rotatable bonds is 3. The zero-order valence-electron chi connectivity index (χ0n) is 9.18. The Morgan fingerprint density at radius 3 is 2.75 bits per heavy atom. The lowest BCUT2D eigenvalue weighted by Crippen LogP contribution is -2.23. The second kappa shape index (κ2) is 4.55. The minimum absolute atomic E-state index is 0.0666. The number of carboxylic acids is 1. The lowest BCUT2D eigenvalue weighted by Gasteiger charge is -2.25. The van der Waals surface area contributed by atoms with E-state index in [2.05, 4.69) is 11.9 Å². The van der Waals surface area contributed by atoms with Crippen molar-refractivity contribution in [2.45, 2.75) is 38.7 Å². The molecule has 5 nitrogen and oxygen atoms in total. The minimum atomic E-state index is -1.10. The Balaban J connectivity index is 1.91. The number of oxazole rings is 1. The van der Waals surface area contributed by atoms with Gasteiger partial charge in [-0.25, -0.2) is 4.79 Å². The van der Waals surface area contributed by atoms with E-state index in [9.17, 15) is 4.79 Å². The lowest BCUT2D eigenvalue weighted by atomic mass is 9.89. The third-order valence-corrected chi connectivity index (χ3v) is 2.93. The number of aromatic carboxylic acids is 1. The van der Waals surface area contributed by atoms with Crippen LogP contribution in [0.15, 0.2) is 10.7 Å².